The van der Waals surface area contributed by atoms with Crippen molar-refractivity contribution >= 4 is 0 Å². The molecule has 1 saturated carbocycles. The molecule has 0 saturated heterocycles. The summed E-state index contributed by atoms with van der Waals surface area (Å²) in [6, 6.07) is 11.8. The van der Waals surface area contributed by atoms with E-state index in [1.165, 1.54) is 66.5 Å². The van der Waals surface area contributed by atoms with Crippen molar-refractivity contribution in [2.45, 2.75) is 84.0 Å². The summed E-state index contributed by atoms with van der Waals surface area (Å²) in [5, 5.41) is 0. The molecule has 2 aromatic rings. The van der Waals surface area contributed by atoms with Crippen molar-refractivity contribution in [3.05, 3.63) is 53.2 Å². The highest BCUT2D eigenvalue weighted by atomic mass is 14.9. The maximum atomic E-state index is 2.44. The summed E-state index contributed by atoms with van der Waals surface area (Å²) in [5.74, 6) is 0. The first kappa shape index (κ1) is 19.1. The van der Waals surface area contributed by atoms with Crippen LogP contribution in [-0.2, 0) is 17.9 Å². The van der Waals surface area contributed by atoms with E-state index in [4.69, 9.17) is 0 Å². The largest absolute Gasteiger partial charge is 0.212 e. The molecule has 1 aromatic heterocycles. The van der Waals surface area contributed by atoms with Gasteiger partial charge < -0.3 is 0 Å². The lowest BCUT2D eigenvalue weighted by Gasteiger charge is -2.26. The summed E-state index contributed by atoms with van der Waals surface area (Å²) >= 11 is 0. The van der Waals surface area contributed by atoms with Crippen LogP contribution < -0.4 is 4.57 Å². The van der Waals surface area contributed by atoms with Gasteiger partial charge in [-0.05, 0) is 66.7 Å². The number of nitrogens with zero attached hydrogens (tertiary/aromatic N) is 1. The number of hydrogen-bond acceptors (Lipinski definition) is 0. The highest BCUT2D eigenvalue weighted by Gasteiger charge is 2.31. The molecule has 1 heteroatoms. The Kier molecular flexibility index (Phi) is 5.28. The number of aromatic nitrogens is 1. The molecule has 0 unspecified atom stereocenters. The first-order valence-corrected chi connectivity index (χ1v) is 10.4. The molecule has 0 amide bonds. The zero-order valence-electron chi connectivity index (χ0n) is 17.7. The summed E-state index contributed by atoms with van der Waals surface area (Å²) in [6.45, 7) is 11.7. The van der Waals surface area contributed by atoms with Gasteiger partial charge in [-0.2, -0.15) is 0 Å². The van der Waals surface area contributed by atoms with Crippen molar-refractivity contribution in [3.63, 3.8) is 0 Å². The molecule has 1 aliphatic rings. The Hall–Kier alpha value is -1.63. The molecule has 1 aliphatic carbocycles. The number of hydrogen-bond donors (Lipinski definition) is 0. The van der Waals surface area contributed by atoms with Gasteiger partial charge in [-0.25, -0.2) is 4.57 Å². The molecule has 1 heterocycles. The van der Waals surface area contributed by atoms with E-state index in [0.717, 1.165) is 0 Å². The van der Waals surface area contributed by atoms with Crippen LogP contribution in [0.15, 0.2) is 36.5 Å². The smallest absolute Gasteiger partial charge is 0.201 e. The van der Waals surface area contributed by atoms with Gasteiger partial charge in [0.25, 0.3) is 0 Å². The van der Waals surface area contributed by atoms with Crippen LogP contribution in [0.3, 0.4) is 0 Å². The minimum Gasteiger partial charge on any atom is -0.201 e. The summed E-state index contributed by atoms with van der Waals surface area (Å²) in [5.41, 5.74) is 7.70. The zero-order chi connectivity index (χ0) is 18.9. The summed E-state index contributed by atoms with van der Waals surface area (Å²) in [6.07, 6.45) is 10.1. The quantitative estimate of drug-likeness (QED) is 0.550. The molecule has 0 aliphatic heterocycles. The highest BCUT2D eigenvalue weighted by molar-refractivity contribution is 5.62. The second kappa shape index (κ2) is 7.18. The van der Waals surface area contributed by atoms with Crippen molar-refractivity contribution in [1.82, 2.24) is 0 Å². The van der Waals surface area contributed by atoms with Crippen molar-refractivity contribution in [3.8, 4) is 11.3 Å². The van der Waals surface area contributed by atoms with Gasteiger partial charge in [-0.3, -0.25) is 0 Å². The Morgan fingerprint density at radius 2 is 1.69 bits per heavy atom. The topological polar surface area (TPSA) is 3.88 Å². The predicted octanol–water partition coefficient (Wildman–Crippen LogP) is 6.40. The van der Waals surface area contributed by atoms with E-state index < -0.39 is 0 Å². The Morgan fingerprint density at radius 1 is 1.04 bits per heavy atom. The van der Waals surface area contributed by atoms with Crippen molar-refractivity contribution in [1.29, 1.82) is 0 Å². The minimum atomic E-state index is 0.270. The van der Waals surface area contributed by atoms with Gasteiger partial charge in [0.2, 0.25) is 5.69 Å². The third kappa shape index (κ3) is 3.33. The third-order valence-electron chi connectivity index (χ3n) is 7.30. The van der Waals surface area contributed by atoms with E-state index in [0.29, 0.717) is 5.41 Å². The highest BCUT2D eigenvalue weighted by Crippen LogP contribution is 2.41. The molecule has 0 N–H and O–H groups in total. The standard InChI is InChI=1S/C25H36N/c1-7-24(4,8-2)21-12-14-23(26(6)18-21)22-13-11-20(17-19(22)3)25(5)15-9-10-16-25/h11-14,17-18H,7-10,15-16H2,1-6H3/q+1. The lowest BCUT2D eigenvalue weighted by molar-refractivity contribution is -0.661. The number of rotatable bonds is 5. The Balaban J connectivity index is 1.97. The van der Waals surface area contributed by atoms with E-state index in [2.05, 4.69) is 82.8 Å². The van der Waals surface area contributed by atoms with E-state index in [9.17, 15) is 0 Å². The fourth-order valence-electron chi connectivity index (χ4n) is 4.67. The molecule has 1 nitrogen and oxygen atoms in total. The third-order valence-corrected chi connectivity index (χ3v) is 7.30. The molecule has 140 valence electrons. The van der Waals surface area contributed by atoms with Gasteiger partial charge >= 0.3 is 0 Å². The van der Waals surface area contributed by atoms with Gasteiger partial charge in [-0.1, -0.05) is 52.7 Å². The Bertz CT molecular complexity index is 725. The molecule has 0 radical (unpaired) electrons. The van der Waals surface area contributed by atoms with Crippen LogP contribution >= 0.6 is 0 Å². The molecule has 26 heavy (non-hydrogen) atoms. The number of benzene rings is 1. The average Bonchev–Trinajstić information content (AvgIpc) is 3.09. The van der Waals surface area contributed by atoms with Gasteiger partial charge in [0, 0.05) is 17.2 Å². The molecular weight excluding hydrogens is 314 g/mol. The fraction of sp³-hybridized carbons (Fsp3) is 0.560. The van der Waals surface area contributed by atoms with E-state index in [-0.39, 0.29) is 5.41 Å². The number of pyridine rings is 1. The van der Waals surface area contributed by atoms with Crippen LogP contribution in [0.1, 0.15) is 82.9 Å². The van der Waals surface area contributed by atoms with Crippen molar-refractivity contribution in [2.75, 3.05) is 0 Å². The maximum absolute atomic E-state index is 2.44. The predicted molar refractivity (Wildman–Crippen MR) is 112 cm³/mol. The first-order valence-electron chi connectivity index (χ1n) is 10.4. The lowest BCUT2D eigenvalue weighted by Crippen LogP contribution is -2.34. The molecule has 0 bridgehead atoms. The number of aryl methyl sites for hydroxylation is 2. The molecule has 3 rings (SSSR count). The Morgan fingerprint density at radius 3 is 2.23 bits per heavy atom. The molecular formula is C25H36N+. The van der Waals surface area contributed by atoms with Crippen LogP contribution in [0.25, 0.3) is 11.3 Å². The molecule has 0 spiro atoms. The van der Waals surface area contributed by atoms with Gasteiger partial charge in [0.1, 0.15) is 7.05 Å². The maximum Gasteiger partial charge on any atom is 0.212 e. The van der Waals surface area contributed by atoms with Crippen LogP contribution in [0, 0.1) is 6.92 Å². The second-order valence-corrected chi connectivity index (χ2v) is 8.98. The van der Waals surface area contributed by atoms with Crippen LogP contribution in [0.2, 0.25) is 0 Å². The summed E-state index contributed by atoms with van der Waals surface area (Å²) < 4.78 is 2.32. The van der Waals surface area contributed by atoms with E-state index >= 15 is 0 Å². The molecule has 0 atom stereocenters. The van der Waals surface area contributed by atoms with Gasteiger partial charge in [-0.15, -0.1) is 0 Å². The lowest BCUT2D eigenvalue weighted by atomic mass is 9.78. The van der Waals surface area contributed by atoms with Crippen molar-refractivity contribution < 1.29 is 4.57 Å². The van der Waals surface area contributed by atoms with E-state index in [1.54, 1.807) is 0 Å². The second-order valence-electron chi connectivity index (χ2n) is 8.98. The zero-order valence-corrected chi connectivity index (χ0v) is 17.7. The normalized spacial score (nSPS) is 16.8. The minimum absolute atomic E-state index is 0.270. The fourth-order valence-corrected chi connectivity index (χ4v) is 4.67. The first-order chi connectivity index (χ1) is 12.3. The van der Waals surface area contributed by atoms with Crippen molar-refractivity contribution in [2.24, 2.45) is 7.05 Å². The van der Waals surface area contributed by atoms with Gasteiger partial charge in [0.15, 0.2) is 6.20 Å². The summed E-state index contributed by atoms with van der Waals surface area (Å²) in [7, 11) is 2.19. The molecule has 1 aromatic carbocycles. The average molecular weight is 351 g/mol. The van der Waals surface area contributed by atoms with Crippen LogP contribution in [-0.4, -0.2) is 0 Å². The monoisotopic (exact) mass is 350 g/mol. The SMILES string of the molecule is CCC(C)(CC)c1ccc(-c2ccc(C3(C)CCCC3)cc2C)[n+](C)c1. The van der Waals surface area contributed by atoms with Crippen LogP contribution in [0.5, 0.6) is 0 Å². The Labute approximate surface area is 160 Å². The van der Waals surface area contributed by atoms with E-state index in [1.807, 2.05) is 0 Å². The van der Waals surface area contributed by atoms with Crippen LogP contribution in [0.4, 0.5) is 0 Å². The van der Waals surface area contributed by atoms with Gasteiger partial charge in [0.05, 0.1) is 0 Å². The summed E-state index contributed by atoms with van der Waals surface area (Å²) in [4.78, 5) is 0. The molecule has 1 fully saturated rings.